The summed E-state index contributed by atoms with van der Waals surface area (Å²) >= 11 is 5.92. The number of rotatable bonds is 4. The van der Waals surface area contributed by atoms with Crippen LogP contribution in [0.4, 0.5) is 11.8 Å². The number of aromatic nitrogens is 2. The second kappa shape index (κ2) is 6.34. The third-order valence-electron chi connectivity index (χ3n) is 3.48. The summed E-state index contributed by atoms with van der Waals surface area (Å²) in [5.41, 5.74) is 13.3. The number of hydrogen-bond donors (Lipinski definition) is 3. The fourth-order valence-electron chi connectivity index (χ4n) is 2.12. The molecule has 0 aliphatic heterocycles. The molecule has 6 heteroatoms. The lowest BCUT2D eigenvalue weighted by Gasteiger charge is -2.21. The highest BCUT2D eigenvalue weighted by Crippen LogP contribution is 2.28. The van der Waals surface area contributed by atoms with Crippen LogP contribution in [0.5, 0.6) is 0 Å². The van der Waals surface area contributed by atoms with Crippen molar-refractivity contribution in [3.8, 4) is 0 Å². The molecule has 0 aliphatic carbocycles. The van der Waals surface area contributed by atoms with E-state index in [-0.39, 0.29) is 23.8 Å². The van der Waals surface area contributed by atoms with Crippen molar-refractivity contribution < 1.29 is 5.11 Å². The van der Waals surface area contributed by atoms with E-state index in [2.05, 4.69) is 23.8 Å². The molecule has 1 heterocycles. The summed E-state index contributed by atoms with van der Waals surface area (Å²) in [6.45, 7) is 3.89. The highest BCUT2D eigenvalue weighted by Gasteiger charge is 2.17. The smallest absolute Gasteiger partial charge is 0.222 e. The third kappa shape index (κ3) is 3.55. The standard InChI is InChI=1S/C16H19ClN4O/c1-16(2,10-3-5-11(17)6-4-10)8-7-12-13(9-22)20-15(19)21-14(12)18/h3-8,22H,9H2,1-2H3,(H4,18,19,20,21)/b8-7+. The van der Waals surface area contributed by atoms with Crippen LogP contribution in [0.25, 0.3) is 6.08 Å². The van der Waals surface area contributed by atoms with Crippen LogP contribution in [-0.4, -0.2) is 15.1 Å². The normalized spacial score (nSPS) is 12.0. The predicted octanol–water partition coefficient (Wildman–Crippen LogP) is 2.78. The van der Waals surface area contributed by atoms with Gasteiger partial charge in [-0.05, 0) is 17.7 Å². The highest BCUT2D eigenvalue weighted by molar-refractivity contribution is 6.30. The van der Waals surface area contributed by atoms with Gasteiger partial charge in [0.05, 0.1) is 12.3 Å². The second-order valence-electron chi connectivity index (χ2n) is 5.55. The van der Waals surface area contributed by atoms with Gasteiger partial charge in [-0.3, -0.25) is 0 Å². The van der Waals surface area contributed by atoms with E-state index < -0.39 is 0 Å². The molecule has 0 atom stereocenters. The maximum Gasteiger partial charge on any atom is 0.222 e. The molecule has 2 aromatic rings. The number of anilines is 2. The Labute approximate surface area is 134 Å². The van der Waals surface area contributed by atoms with Crippen molar-refractivity contribution in [1.82, 2.24) is 9.97 Å². The number of aliphatic hydroxyl groups is 1. The Bertz CT molecular complexity index is 696. The molecule has 22 heavy (non-hydrogen) atoms. The van der Waals surface area contributed by atoms with Gasteiger partial charge in [-0.1, -0.05) is 49.7 Å². The third-order valence-corrected chi connectivity index (χ3v) is 3.73. The van der Waals surface area contributed by atoms with Gasteiger partial charge in [0.25, 0.3) is 0 Å². The van der Waals surface area contributed by atoms with Crippen molar-refractivity contribution in [3.05, 3.63) is 52.2 Å². The quantitative estimate of drug-likeness (QED) is 0.805. The summed E-state index contributed by atoms with van der Waals surface area (Å²) in [4.78, 5) is 7.94. The minimum Gasteiger partial charge on any atom is -0.390 e. The van der Waals surface area contributed by atoms with Crippen molar-refractivity contribution in [1.29, 1.82) is 0 Å². The first-order valence-corrected chi connectivity index (χ1v) is 7.19. The zero-order valence-corrected chi connectivity index (χ0v) is 13.3. The van der Waals surface area contributed by atoms with Crippen LogP contribution in [0.15, 0.2) is 30.3 Å². The Morgan fingerprint density at radius 1 is 1.18 bits per heavy atom. The Kier molecular flexibility index (Phi) is 4.68. The first kappa shape index (κ1) is 16.3. The van der Waals surface area contributed by atoms with Crippen molar-refractivity contribution in [2.75, 3.05) is 11.5 Å². The van der Waals surface area contributed by atoms with Crippen molar-refractivity contribution in [2.45, 2.75) is 25.9 Å². The van der Waals surface area contributed by atoms with Gasteiger partial charge >= 0.3 is 0 Å². The Balaban J connectivity index is 2.37. The molecule has 0 spiro atoms. The second-order valence-corrected chi connectivity index (χ2v) is 5.98. The molecule has 1 aromatic carbocycles. The van der Waals surface area contributed by atoms with E-state index in [4.69, 9.17) is 23.1 Å². The molecule has 0 saturated heterocycles. The largest absolute Gasteiger partial charge is 0.390 e. The predicted molar refractivity (Wildman–Crippen MR) is 90.3 cm³/mol. The van der Waals surface area contributed by atoms with Crippen LogP contribution in [0.2, 0.25) is 5.02 Å². The average molecular weight is 319 g/mol. The van der Waals surface area contributed by atoms with Gasteiger partial charge in [-0.15, -0.1) is 0 Å². The van der Waals surface area contributed by atoms with Crippen LogP contribution in [0, 0.1) is 0 Å². The molecule has 1 aromatic heterocycles. The zero-order valence-electron chi connectivity index (χ0n) is 12.5. The van der Waals surface area contributed by atoms with Gasteiger partial charge in [-0.25, -0.2) is 4.98 Å². The number of hydrogen-bond acceptors (Lipinski definition) is 5. The van der Waals surface area contributed by atoms with Crippen LogP contribution in [0.3, 0.4) is 0 Å². The number of nitrogens with two attached hydrogens (primary N) is 2. The fraction of sp³-hybridized carbons (Fsp3) is 0.250. The number of aliphatic hydroxyl groups excluding tert-OH is 1. The molecule has 5 N–H and O–H groups in total. The first-order chi connectivity index (χ1) is 10.3. The first-order valence-electron chi connectivity index (χ1n) is 6.81. The minimum atomic E-state index is -0.252. The Morgan fingerprint density at radius 3 is 2.41 bits per heavy atom. The summed E-state index contributed by atoms with van der Waals surface area (Å²) < 4.78 is 0. The molecular formula is C16H19ClN4O. The van der Waals surface area contributed by atoms with E-state index >= 15 is 0 Å². The number of halogens is 1. The molecule has 0 unspecified atom stereocenters. The zero-order chi connectivity index (χ0) is 16.3. The lowest BCUT2D eigenvalue weighted by molar-refractivity contribution is 0.276. The summed E-state index contributed by atoms with van der Waals surface area (Å²) in [5.74, 6) is 0.301. The van der Waals surface area contributed by atoms with Crippen LogP contribution in [-0.2, 0) is 12.0 Å². The van der Waals surface area contributed by atoms with Crippen LogP contribution in [0.1, 0.15) is 30.7 Å². The molecule has 0 amide bonds. The molecule has 5 nitrogen and oxygen atoms in total. The molecule has 2 rings (SSSR count). The Morgan fingerprint density at radius 2 is 1.82 bits per heavy atom. The van der Waals surface area contributed by atoms with Crippen LogP contribution < -0.4 is 11.5 Å². The average Bonchev–Trinajstić information content (AvgIpc) is 2.46. The minimum absolute atomic E-state index is 0.0515. The highest BCUT2D eigenvalue weighted by atomic mass is 35.5. The van der Waals surface area contributed by atoms with E-state index in [0.717, 1.165) is 5.56 Å². The number of benzene rings is 1. The van der Waals surface area contributed by atoms with E-state index in [1.54, 1.807) is 0 Å². The topological polar surface area (TPSA) is 98.0 Å². The van der Waals surface area contributed by atoms with Gasteiger partial charge < -0.3 is 16.6 Å². The molecule has 0 saturated carbocycles. The van der Waals surface area contributed by atoms with Crippen molar-refractivity contribution in [3.63, 3.8) is 0 Å². The maximum absolute atomic E-state index is 9.39. The van der Waals surface area contributed by atoms with E-state index in [0.29, 0.717) is 16.3 Å². The van der Waals surface area contributed by atoms with Gasteiger partial charge in [0.1, 0.15) is 5.82 Å². The fourth-order valence-corrected chi connectivity index (χ4v) is 2.25. The molecule has 0 bridgehead atoms. The van der Waals surface area contributed by atoms with E-state index in [1.165, 1.54) is 0 Å². The van der Waals surface area contributed by atoms with Crippen LogP contribution >= 0.6 is 11.6 Å². The number of nitrogens with zero attached hydrogens (tertiary/aromatic N) is 2. The van der Waals surface area contributed by atoms with Gasteiger partial charge in [0.15, 0.2) is 0 Å². The lowest BCUT2D eigenvalue weighted by Crippen LogP contribution is -2.13. The molecule has 0 fully saturated rings. The maximum atomic E-state index is 9.39. The SMILES string of the molecule is CC(C)(/C=C/c1c(N)nc(N)nc1CO)c1ccc(Cl)cc1. The summed E-state index contributed by atoms with van der Waals surface area (Å²) in [6.07, 6.45) is 3.80. The van der Waals surface area contributed by atoms with Gasteiger partial charge in [0, 0.05) is 16.0 Å². The Hall–Kier alpha value is -2.11. The molecule has 0 aliphatic rings. The van der Waals surface area contributed by atoms with Crippen molar-refractivity contribution in [2.24, 2.45) is 0 Å². The summed E-state index contributed by atoms with van der Waals surface area (Å²) in [5, 5.41) is 10.1. The number of allylic oxidation sites excluding steroid dienone is 1. The van der Waals surface area contributed by atoms with Crippen molar-refractivity contribution >= 4 is 29.4 Å². The van der Waals surface area contributed by atoms with Gasteiger partial charge in [0.2, 0.25) is 5.95 Å². The monoisotopic (exact) mass is 318 g/mol. The molecule has 0 radical (unpaired) electrons. The van der Waals surface area contributed by atoms with Gasteiger partial charge in [-0.2, -0.15) is 4.98 Å². The molecule has 116 valence electrons. The number of nitrogen functional groups attached to an aromatic ring is 2. The summed E-state index contributed by atoms with van der Waals surface area (Å²) in [6, 6.07) is 7.66. The molecular weight excluding hydrogens is 300 g/mol. The summed E-state index contributed by atoms with van der Waals surface area (Å²) in [7, 11) is 0. The van der Waals surface area contributed by atoms with E-state index in [9.17, 15) is 5.11 Å². The lowest BCUT2D eigenvalue weighted by atomic mass is 9.84. The van der Waals surface area contributed by atoms with E-state index in [1.807, 2.05) is 36.4 Å².